The fourth-order valence-corrected chi connectivity index (χ4v) is 2.09. The van der Waals surface area contributed by atoms with Gasteiger partial charge in [0.05, 0.1) is 5.02 Å². The maximum atomic E-state index is 13.7. The highest BCUT2D eigenvalue weighted by atomic mass is 35.5. The lowest BCUT2D eigenvalue weighted by molar-refractivity contribution is 0.637. The van der Waals surface area contributed by atoms with E-state index in [1.54, 1.807) is 6.07 Å². The third kappa shape index (κ3) is 1.87. The Hall–Kier alpha value is -0.860. The first-order valence-corrected chi connectivity index (χ1v) is 5.70. The second-order valence-electron chi connectivity index (χ2n) is 3.96. The highest BCUT2D eigenvalue weighted by molar-refractivity contribution is 6.32. The van der Waals surface area contributed by atoms with Crippen LogP contribution in [-0.2, 0) is 0 Å². The Morgan fingerprint density at radius 1 is 1.25 bits per heavy atom. The molecular formula is C12H10Cl2FN. The van der Waals surface area contributed by atoms with Crippen molar-refractivity contribution < 1.29 is 4.39 Å². The van der Waals surface area contributed by atoms with Gasteiger partial charge in [-0.1, -0.05) is 43.1 Å². The predicted octanol–water partition coefficient (Wildman–Crippen LogP) is 4.80. The third-order valence-electron chi connectivity index (χ3n) is 2.48. The summed E-state index contributed by atoms with van der Waals surface area (Å²) in [7, 11) is 0. The summed E-state index contributed by atoms with van der Waals surface area (Å²) in [5, 5.41) is 1.12. The third-order valence-corrected chi connectivity index (χ3v) is 3.08. The van der Waals surface area contributed by atoms with Gasteiger partial charge in [0.2, 0.25) is 0 Å². The molecule has 1 aromatic heterocycles. The van der Waals surface area contributed by atoms with Gasteiger partial charge in [-0.15, -0.1) is 0 Å². The monoisotopic (exact) mass is 257 g/mol. The lowest BCUT2D eigenvalue weighted by Gasteiger charge is -2.09. The summed E-state index contributed by atoms with van der Waals surface area (Å²) < 4.78 is 13.7. The molecule has 0 N–H and O–H groups in total. The number of aromatic nitrogens is 1. The first-order valence-electron chi connectivity index (χ1n) is 4.95. The van der Waals surface area contributed by atoms with Crippen molar-refractivity contribution in [2.24, 2.45) is 0 Å². The Morgan fingerprint density at radius 2 is 1.94 bits per heavy atom. The van der Waals surface area contributed by atoms with E-state index in [1.165, 1.54) is 6.07 Å². The number of halogens is 3. The molecule has 0 atom stereocenters. The highest BCUT2D eigenvalue weighted by Crippen LogP contribution is 2.29. The van der Waals surface area contributed by atoms with E-state index in [9.17, 15) is 4.39 Å². The van der Waals surface area contributed by atoms with Crippen LogP contribution in [0.5, 0.6) is 0 Å². The van der Waals surface area contributed by atoms with Crippen LogP contribution in [-0.4, -0.2) is 4.98 Å². The minimum atomic E-state index is -0.517. The van der Waals surface area contributed by atoms with Crippen LogP contribution in [0.4, 0.5) is 4.39 Å². The van der Waals surface area contributed by atoms with Crippen molar-refractivity contribution in [2.45, 2.75) is 19.8 Å². The van der Waals surface area contributed by atoms with E-state index in [1.807, 2.05) is 19.9 Å². The van der Waals surface area contributed by atoms with Gasteiger partial charge in [-0.2, -0.15) is 0 Å². The zero-order chi connectivity index (χ0) is 11.9. The molecular weight excluding hydrogens is 248 g/mol. The molecule has 0 aliphatic rings. The normalized spacial score (nSPS) is 11.4. The molecule has 0 fully saturated rings. The molecule has 0 aliphatic carbocycles. The Kier molecular flexibility index (Phi) is 3.04. The predicted molar refractivity (Wildman–Crippen MR) is 65.8 cm³/mol. The van der Waals surface area contributed by atoms with E-state index in [4.69, 9.17) is 23.2 Å². The summed E-state index contributed by atoms with van der Waals surface area (Å²) in [6, 6.07) is 5.13. The number of fused-ring (bicyclic) bond motifs is 1. The van der Waals surface area contributed by atoms with Gasteiger partial charge in [-0.3, -0.25) is 0 Å². The Bertz CT molecular complexity index is 552. The number of nitrogens with zero attached hydrogens (tertiary/aromatic N) is 1. The van der Waals surface area contributed by atoms with Gasteiger partial charge >= 0.3 is 0 Å². The van der Waals surface area contributed by atoms with Crippen molar-refractivity contribution in [3.05, 3.63) is 39.8 Å². The molecule has 0 amide bonds. The van der Waals surface area contributed by atoms with Crippen LogP contribution in [0.2, 0.25) is 10.2 Å². The second kappa shape index (κ2) is 4.19. The number of hydrogen-bond acceptors (Lipinski definition) is 1. The molecule has 84 valence electrons. The van der Waals surface area contributed by atoms with Crippen LogP contribution in [0.1, 0.15) is 25.3 Å². The van der Waals surface area contributed by atoms with Crippen molar-refractivity contribution in [2.75, 3.05) is 0 Å². The Balaban J connectivity index is 2.79. The molecule has 0 bridgehead atoms. The van der Waals surface area contributed by atoms with Gasteiger partial charge in [0.1, 0.15) is 10.7 Å². The zero-order valence-corrected chi connectivity index (χ0v) is 10.4. The smallest absolute Gasteiger partial charge is 0.168 e. The molecule has 2 rings (SSSR count). The largest absolute Gasteiger partial charge is 0.233 e. The molecule has 0 radical (unpaired) electrons. The SMILES string of the molecule is CC(C)c1cc2ccc(Cl)c(F)c2nc1Cl. The summed E-state index contributed by atoms with van der Waals surface area (Å²) in [6.45, 7) is 4.03. The van der Waals surface area contributed by atoms with E-state index in [2.05, 4.69) is 4.98 Å². The van der Waals surface area contributed by atoms with Crippen molar-refractivity contribution in [1.82, 2.24) is 4.98 Å². The molecule has 0 saturated carbocycles. The van der Waals surface area contributed by atoms with Gasteiger partial charge in [0.15, 0.2) is 5.82 Å². The minimum absolute atomic E-state index is 0.0633. The number of rotatable bonds is 1. The van der Waals surface area contributed by atoms with Gasteiger partial charge in [-0.25, -0.2) is 9.37 Å². The van der Waals surface area contributed by atoms with Crippen LogP contribution in [0.3, 0.4) is 0 Å². The van der Waals surface area contributed by atoms with Crippen LogP contribution in [0.25, 0.3) is 10.9 Å². The van der Waals surface area contributed by atoms with Crippen molar-refractivity contribution in [3.63, 3.8) is 0 Å². The van der Waals surface area contributed by atoms with Gasteiger partial charge in [0, 0.05) is 5.39 Å². The van der Waals surface area contributed by atoms with Crippen LogP contribution >= 0.6 is 23.2 Å². The number of benzene rings is 1. The molecule has 0 spiro atoms. The molecule has 0 saturated heterocycles. The maximum Gasteiger partial charge on any atom is 0.168 e. The summed E-state index contributed by atoms with van der Waals surface area (Å²) >= 11 is 11.7. The van der Waals surface area contributed by atoms with Crippen LogP contribution in [0.15, 0.2) is 18.2 Å². The molecule has 1 nitrogen and oxygen atoms in total. The average molecular weight is 258 g/mol. The minimum Gasteiger partial charge on any atom is -0.233 e. The molecule has 1 aromatic carbocycles. The molecule has 0 unspecified atom stereocenters. The van der Waals surface area contributed by atoms with Crippen LogP contribution in [0, 0.1) is 5.82 Å². The molecule has 16 heavy (non-hydrogen) atoms. The first-order chi connectivity index (χ1) is 7.50. The average Bonchev–Trinajstić information content (AvgIpc) is 2.23. The van der Waals surface area contributed by atoms with Crippen LogP contribution < -0.4 is 0 Å². The summed E-state index contributed by atoms with van der Waals surface area (Å²) in [5.41, 5.74) is 1.14. The van der Waals surface area contributed by atoms with Gasteiger partial charge in [-0.05, 0) is 23.6 Å². The molecule has 4 heteroatoms. The summed E-state index contributed by atoms with van der Waals surface area (Å²) in [5.74, 6) is -0.264. The lowest BCUT2D eigenvalue weighted by Crippen LogP contribution is -1.94. The van der Waals surface area contributed by atoms with Gasteiger partial charge < -0.3 is 0 Å². The van der Waals surface area contributed by atoms with Crippen molar-refractivity contribution >= 4 is 34.1 Å². The van der Waals surface area contributed by atoms with E-state index in [0.717, 1.165) is 10.9 Å². The molecule has 1 heterocycles. The second-order valence-corrected chi connectivity index (χ2v) is 4.72. The quantitative estimate of drug-likeness (QED) is 0.669. The fraction of sp³-hybridized carbons (Fsp3) is 0.250. The topological polar surface area (TPSA) is 12.9 Å². The maximum absolute atomic E-state index is 13.7. The standard InChI is InChI=1S/C12H10Cl2FN/c1-6(2)8-5-7-3-4-9(13)10(15)11(7)16-12(8)14/h3-6H,1-2H3. The van der Waals surface area contributed by atoms with E-state index >= 15 is 0 Å². The lowest BCUT2D eigenvalue weighted by atomic mass is 10.0. The van der Waals surface area contributed by atoms with E-state index in [-0.39, 0.29) is 16.5 Å². The van der Waals surface area contributed by atoms with Gasteiger partial charge in [0.25, 0.3) is 0 Å². The summed E-state index contributed by atoms with van der Waals surface area (Å²) in [4.78, 5) is 4.06. The summed E-state index contributed by atoms with van der Waals surface area (Å²) in [6.07, 6.45) is 0. The van der Waals surface area contributed by atoms with E-state index in [0.29, 0.717) is 5.15 Å². The molecule has 0 aliphatic heterocycles. The van der Waals surface area contributed by atoms with Crippen molar-refractivity contribution in [1.29, 1.82) is 0 Å². The number of hydrogen-bond donors (Lipinski definition) is 0. The zero-order valence-electron chi connectivity index (χ0n) is 8.89. The van der Waals surface area contributed by atoms with Crippen molar-refractivity contribution in [3.8, 4) is 0 Å². The van der Waals surface area contributed by atoms with E-state index < -0.39 is 5.82 Å². The number of pyridine rings is 1. The Labute approximate surface area is 103 Å². The highest BCUT2D eigenvalue weighted by Gasteiger charge is 2.12. The molecule has 2 aromatic rings. The fourth-order valence-electron chi connectivity index (χ4n) is 1.58. The first kappa shape index (κ1) is 11.6. The Morgan fingerprint density at radius 3 is 2.56 bits per heavy atom.